The van der Waals surface area contributed by atoms with Crippen molar-refractivity contribution in [2.24, 2.45) is 5.73 Å². The van der Waals surface area contributed by atoms with Crippen LogP contribution in [0.5, 0.6) is 0 Å². The average molecular weight is 247 g/mol. The molecule has 0 bridgehead atoms. The number of nitrogens with two attached hydrogens (primary N) is 1. The van der Waals surface area contributed by atoms with Gasteiger partial charge < -0.3 is 11.1 Å². The van der Waals surface area contributed by atoms with Gasteiger partial charge in [0.2, 0.25) is 5.91 Å². The Kier molecular flexibility index (Phi) is 3.57. The normalized spacial score (nSPS) is 14.4. The molecule has 0 aliphatic heterocycles. The zero-order valence-corrected chi connectivity index (χ0v) is 10.5. The predicted octanol–water partition coefficient (Wildman–Crippen LogP) is 0.644. The van der Waals surface area contributed by atoms with Crippen molar-refractivity contribution in [2.45, 2.75) is 32.4 Å². The molecule has 1 amide bonds. The summed E-state index contributed by atoms with van der Waals surface area (Å²) in [5, 5.41) is 11.0. The van der Waals surface area contributed by atoms with Crippen molar-refractivity contribution in [2.75, 3.05) is 0 Å². The van der Waals surface area contributed by atoms with Crippen LogP contribution in [-0.2, 0) is 4.79 Å². The van der Waals surface area contributed by atoms with Gasteiger partial charge in [0.25, 0.3) is 0 Å². The summed E-state index contributed by atoms with van der Waals surface area (Å²) in [6.45, 7) is 3.68. The molecule has 0 saturated heterocycles. The van der Waals surface area contributed by atoms with Gasteiger partial charge in [-0.25, -0.2) is 0 Å². The fraction of sp³-hybridized carbons (Fsp3) is 0.417. The largest absolute Gasteiger partial charge is 0.346 e. The van der Waals surface area contributed by atoms with E-state index in [1.165, 1.54) is 0 Å². The van der Waals surface area contributed by atoms with Crippen molar-refractivity contribution in [3.63, 3.8) is 0 Å². The van der Waals surface area contributed by atoms with Crippen LogP contribution in [-0.4, -0.2) is 26.5 Å². The van der Waals surface area contributed by atoms with E-state index in [9.17, 15) is 4.79 Å². The number of aromatic nitrogens is 3. The van der Waals surface area contributed by atoms with E-state index >= 15 is 0 Å². The standard InChI is InChI=1S/C12H17N5O/c1-8(13)7-11(18)14-9(2)12-16-15-10-5-3-4-6-17(10)12/h3-6,8-9H,7,13H2,1-2H3,(H,14,18). The Morgan fingerprint density at radius 3 is 2.94 bits per heavy atom. The second-order valence-electron chi connectivity index (χ2n) is 4.46. The quantitative estimate of drug-likeness (QED) is 0.830. The van der Waals surface area contributed by atoms with Crippen LogP contribution < -0.4 is 11.1 Å². The highest BCUT2D eigenvalue weighted by Gasteiger charge is 2.15. The van der Waals surface area contributed by atoms with Crippen LogP contribution in [0, 0.1) is 0 Å². The highest BCUT2D eigenvalue weighted by atomic mass is 16.1. The van der Waals surface area contributed by atoms with Crippen molar-refractivity contribution in [1.29, 1.82) is 0 Å². The molecule has 2 aromatic rings. The maximum Gasteiger partial charge on any atom is 0.222 e. The van der Waals surface area contributed by atoms with Gasteiger partial charge in [0, 0.05) is 18.7 Å². The third kappa shape index (κ3) is 2.65. The average Bonchev–Trinajstić information content (AvgIpc) is 2.71. The third-order valence-electron chi connectivity index (χ3n) is 2.61. The number of nitrogens with one attached hydrogen (secondary N) is 1. The second kappa shape index (κ2) is 5.14. The summed E-state index contributed by atoms with van der Waals surface area (Å²) in [4.78, 5) is 11.6. The molecular formula is C12H17N5O. The zero-order valence-electron chi connectivity index (χ0n) is 10.5. The minimum absolute atomic E-state index is 0.0785. The molecule has 2 heterocycles. The van der Waals surface area contributed by atoms with E-state index in [2.05, 4.69) is 15.5 Å². The van der Waals surface area contributed by atoms with Crippen molar-refractivity contribution < 1.29 is 4.79 Å². The summed E-state index contributed by atoms with van der Waals surface area (Å²) in [6.07, 6.45) is 2.18. The summed E-state index contributed by atoms with van der Waals surface area (Å²) in [7, 11) is 0. The van der Waals surface area contributed by atoms with Gasteiger partial charge in [-0.15, -0.1) is 10.2 Å². The Labute approximate surface area is 105 Å². The van der Waals surface area contributed by atoms with E-state index in [4.69, 9.17) is 5.73 Å². The molecule has 6 nitrogen and oxygen atoms in total. The number of carbonyl (C=O) groups excluding carboxylic acids is 1. The van der Waals surface area contributed by atoms with E-state index in [1.54, 1.807) is 6.92 Å². The van der Waals surface area contributed by atoms with Crippen LogP contribution in [0.1, 0.15) is 32.1 Å². The molecule has 6 heteroatoms. The SMILES string of the molecule is CC(N)CC(=O)NC(C)c1nnc2ccccn12. The van der Waals surface area contributed by atoms with Crippen molar-refractivity contribution in [1.82, 2.24) is 19.9 Å². The molecule has 2 rings (SSSR count). The van der Waals surface area contributed by atoms with Crippen molar-refractivity contribution in [3.8, 4) is 0 Å². The number of nitrogens with zero attached hydrogens (tertiary/aromatic N) is 3. The molecule has 0 aliphatic rings. The topological polar surface area (TPSA) is 85.3 Å². The maximum absolute atomic E-state index is 11.6. The number of amides is 1. The van der Waals surface area contributed by atoms with Crippen LogP contribution in [0.2, 0.25) is 0 Å². The number of carbonyl (C=O) groups is 1. The van der Waals surface area contributed by atoms with Crippen LogP contribution in [0.4, 0.5) is 0 Å². The molecular weight excluding hydrogens is 230 g/mol. The highest BCUT2D eigenvalue weighted by Crippen LogP contribution is 2.11. The Hall–Kier alpha value is -1.95. The summed E-state index contributed by atoms with van der Waals surface area (Å²) >= 11 is 0. The molecule has 2 atom stereocenters. The van der Waals surface area contributed by atoms with E-state index in [-0.39, 0.29) is 18.0 Å². The molecule has 0 aliphatic carbocycles. The molecule has 3 N–H and O–H groups in total. The molecule has 2 aromatic heterocycles. The van der Waals surface area contributed by atoms with Gasteiger partial charge in [-0.3, -0.25) is 9.20 Å². The first kappa shape index (κ1) is 12.5. The zero-order chi connectivity index (χ0) is 13.1. The molecule has 0 saturated carbocycles. The van der Waals surface area contributed by atoms with E-state index < -0.39 is 0 Å². The van der Waals surface area contributed by atoms with Gasteiger partial charge in [-0.05, 0) is 26.0 Å². The first-order chi connectivity index (χ1) is 8.58. The maximum atomic E-state index is 11.6. The minimum atomic E-state index is -0.200. The fourth-order valence-electron chi connectivity index (χ4n) is 1.81. The van der Waals surface area contributed by atoms with E-state index in [1.807, 2.05) is 35.7 Å². The highest BCUT2D eigenvalue weighted by molar-refractivity contribution is 5.76. The molecule has 0 spiro atoms. The summed E-state index contributed by atoms with van der Waals surface area (Å²) in [5.74, 6) is 0.633. The van der Waals surface area contributed by atoms with E-state index in [0.29, 0.717) is 12.2 Å². The smallest absolute Gasteiger partial charge is 0.222 e. The van der Waals surface area contributed by atoms with Gasteiger partial charge >= 0.3 is 0 Å². The van der Waals surface area contributed by atoms with Gasteiger partial charge in [0.05, 0.1) is 6.04 Å². The molecule has 0 aromatic carbocycles. The predicted molar refractivity (Wildman–Crippen MR) is 67.8 cm³/mol. The second-order valence-corrected chi connectivity index (χ2v) is 4.46. The summed E-state index contributed by atoms with van der Waals surface area (Å²) in [6, 6.07) is 5.32. The Bertz CT molecular complexity index is 548. The summed E-state index contributed by atoms with van der Waals surface area (Å²) < 4.78 is 1.86. The van der Waals surface area contributed by atoms with Crippen LogP contribution >= 0.6 is 0 Å². The molecule has 96 valence electrons. The Morgan fingerprint density at radius 1 is 1.44 bits per heavy atom. The lowest BCUT2D eigenvalue weighted by Gasteiger charge is -2.13. The molecule has 0 radical (unpaired) electrons. The first-order valence-electron chi connectivity index (χ1n) is 5.92. The Balaban J connectivity index is 2.14. The number of hydrogen-bond acceptors (Lipinski definition) is 4. The van der Waals surface area contributed by atoms with Gasteiger partial charge in [-0.1, -0.05) is 6.07 Å². The number of pyridine rings is 1. The van der Waals surface area contributed by atoms with Gasteiger partial charge in [0.1, 0.15) is 0 Å². The van der Waals surface area contributed by atoms with Crippen LogP contribution in [0.25, 0.3) is 5.65 Å². The number of hydrogen-bond donors (Lipinski definition) is 2. The number of rotatable bonds is 4. The van der Waals surface area contributed by atoms with Gasteiger partial charge in [0.15, 0.2) is 11.5 Å². The monoisotopic (exact) mass is 247 g/mol. The van der Waals surface area contributed by atoms with Crippen molar-refractivity contribution >= 4 is 11.6 Å². The van der Waals surface area contributed by atoms with E-state index in [0.717, 1.165) is 5.65 Å². The summed E-state index contributed by atoms with van der Waals surface area (Å²) in [5.41, 5.74) is 6.35. The first-order valence-corrected chi connectivity index (χ1v) is 5.92. The van der Waals surface area contributed by atoms with Gasteiger partial charge in [-0.2, -0.15) is 0 Å². The Morgan fingerprint density at radius 2 is 2.22 bits per heavy atom. The molecule has 2 unspecified atom stereocenters. The minimum Gasteiger partial charge on any atom is -0.346 e. The van der Waals surface area contributed by atoms with Crippen molar-refractivity contribution in [3.05, 3.63) is 30.2 Å². The van der Waals surface area contributed by atoms with Crippen LogP contribution in [0.15, 0.2) is 24.4 Å². The molecule has 0 fully saturated rings. The van der Waals surface area contributed by atoms with Crippen LogP contribution in [0.3, 0.4) is 0 Å². The third-order valence-corrected chi connectivity index (χ3v) is 2.61. The number of fused-ring (bicyclic) bond motifs is 1. The lowest BCUT2D eigenvalue weighted by molar-refractivity contribution is -0.122. The molecule has 18 heavy (non-hydrogen) atoms. The lowest BCUT2D eigenvalue weighted by atomic mass is 10.2. The lowest BCUT2D eigenvalue weighted by Crippen LogP contribution is -2.32. The fourth-order valence-corrected chi connectivity index (χ4v) is 1.81.